The second-order valence-corrected chi connectivity index (χ2v) is 7.90. The minimum absolute atomic E-state index is 0.140. The average molecular weight is 433 g/mol. The molecular weight excluding hydrogens is 414 g/mol. The minimum Gasteiger partial charge on any atom is -0.496 e. The Labute approximate surface area is 147 Å². The number of hydrogen-bond acceptors (Lipinski definition) is 3. The fourth-order valence-electron chi connectivity index (χ4n) is 2.25. The number of methoxy groups -OCH3 is 1. The molecule has 0 spiro atoms. The van der Waals surface area contributed by atoms with Gasteiger partial charge in [0.25, 0.3) is 0 Å². The highest BCUT2D eigenvalue weighted by atomic mass is 79.9. The molecule has 1 heterocycles. The van der Waals surface area contributed by atoms with Gasteiger partial charge in [-0.2, -0.15) is 0 Å². The Morgan fingerprint density at radius 2 is 2.05 bits per heavy atom. The van der Waals surface area contributed by atoms with Crippen LogP contribution in [0, 0.1) is 6.92 Å². The van der Waals surface area contributed by atoms with Crippen LogP contribution in [0.25, 0.3) is 0 Å². The van der Waals surface area contributed by atoms with Crippen LogP contribution in [-0.4, -0.2) is 13.7 Å². The standard InChI is InChI=1S/C16H19Br2NOS/c1-4-7-19-15(16-13(18)8-10(2)21-16)12-6-5-11(17)9-14(12)20-3/h5-6,8-9,15,19H,4,7H2,1-3H3. The van der Waals surface area contributed by atoms with E-state index >= 15 is 0 Å². The van der Waals surface area contributed by atoms with Crippen molar-refractivity contribution in [3.05, 3.63) is 48.5 Å². The molecule has 1 N–H and O–H groups in total. The lowest BCUT2D eigenvalue weighted by molar-refractivity contribution is 0.404. The molecule has 2 aromatic rings. The maximum atomic E-state index is 5.57. The van der Waals surface area contributed by atoms with E-state index < -0.39 is 0 Å². The zero-order chi connectivity index (χ0) is 15.4. The normalized spacial score (nSPS) is 12.4. The molecule has 1 aromatic carbocycles. The van der Waals surface area contributed by atoms with E-state index in [0.29, 0.717) is 0 Å². The van der Waals surface area contributed by atoms with Crippen molar-refractivity contribution < 1.29 is 4.74 Å². The molecule has 0 amide bonds. The van der Waals surface area contributed by atoms with E-state index in [0.717, 1.165) is 33.2 Å². The van der Waals surface area contributed by atoms with Gasteiger partial charge in [0.2, 0.25) is 0 Å². The first-order valence-electron chi connectivity index (χ1n) is 6.89. The van der Waals surface area contributed by atoms with E-state index in [1.54, 1.807) is 7.11 Å². The summed E-state index contributed by atoms with van der Waals surface area (Å²) < 4.78 is 7.76. The second-order valence-electron chi connectivity index (χ2n) is 4.84. The summed E-state index contributed by atoms with van der Waals surface area (Å²) in [6.07, 6.45) is 1.09. The Morgan fingerprint density at radius 3 is 2.62 bits per heavy atom. The Kier molecular flexibility index (Phi) is 6.29. The van der Waals surface area contributed by atoms with Crippen LogP contribution in [0.1, 0.15) is 34.7 Å². The van der Waals surface area contributed by atoms with Crippen LogP contribution in [0.2, 0.25) is 0 Å². The molecule has 0 aliphatic carbocycles. The number of nitrogens with one attached hydrogen (secondary N) is 1. The molecule has 114 valence electrons. The molecule has 2 rings (SSSR count). The van der Waals surface area contributed by atoms with Gasteiger partial charge in [0.1, 0.15) is 5.75 Å². The van der Waals surface area contributed by atoms with Gasteiger partial charge in [-0.05, 0) is 54.0 Å². The third-order valence-corrected chi connectivity index (χ3v) is 5.73. The number of hydrogen-bond donors (Lipinski definition) is 1. The summed E-state index contributed by atoms with van der Waals surface area (Å²) in [6, 6.07) is 8.52. The molecule has 0 aliphatic rings. The zero-order valence-corrected chi connectivity index (χ0v) is 16.4. The molecule has 0 aliphatic heterocycles. The molecule has 0 bridgehead atoms. The molecule has 0 saturated carbocycles. The highest BCUT2D eigenvalue weighted by Gasteiger charge is 2.22. The summed E-state index contributed by atoms with van der Waals surface area (Å²) in [5, 5.41) is 3.64. The van der Waals surface area contributed by atoms with Gasteiger partial charge in [0, 0.05) is 24.3 Å². The largest absolute Gasteiger partial charge is 0.496 e. The lowest BCUT2D eigenvalue weighted by atomic mass is 10.0. The molecule has 2 nitrogen and oxygen atoms in total. The smallest absolute Gasteiger partial charge is 0.125 e. The van der Waals surface area contributed by atoms with Crippen LogP contribution in [0.4, 0.5) is 0 Å². The molecule has 1 unspecified atom stereocenters. The number of halogens is 2. The number of ether oxygens (including phenoxy) is 1. The predicted molar refractivity (Wildman–Crippen MR) is 97.6 cm³/mol. The molecule has 0 radical (unpaired) electrons. The van der Waals surface area contributed by atoms with Crippen molar-refractivity contribution in [2.24, 2.45) is 0 Å². The zero-order valence-electron chi connectivity index (χ0n) is 12.4. The lowest BCUT2D eigenvalue weighted by Gasteiger charge is -2.21. The SMILES string of the molecule is CCCNC(c1ccc(Br)cc1OC)c1sc(C)cc1Br. The summed E-state index contributed by atoms with van der Waals surface area (Å²) in [5.41, 5.74) is 1.16. The molecule has 5 heteroatoms. The highest BCUT2D eigenvalue weighted by molar-refractivity contribution is 9.10. The van der Waals surface area contributed by atoms with Gasteiger partial charge < -0.3 is 10.1 Å². The van der Waals surface area contributed by atoms with E-state index in [9.17, 15) is 0 Å². The third kappa shape index (κ3) is 4.09. The maximum Gasteiger partial charge on any atom is 0.125 e. The molecule has 21 heavy (non-hydrogen) atoms. The summed E-state index contributed by atoms with van der Waals surface area (Å²) in [6.45, 7) is 5.28. The topological polar surface area (TPSA) is 21.3 Å². The van der Waals surface area contributed by atoms with Crippen molar-refractivity contribution in [3.63, 3.8) is 0 Å². The van der Waals surface area contributed by atoms with Gasteiger partial charge >= 0.3 is 0 Å². The lowest BCUT2D eigenvalue weighted by Crippen LogP contribution is -2.23. The monoisotopic (exact) mass is 431 g/mol. The summed E-state index contributed by atoms with van der Waals surface area (Å²) in [4.78, 5) is 2.60. The third-order valence-electron chi connectivity index (χ3n) is 3.20. The van der Waals surface area contributed by atoms with Gasteiger partial charge in [0.15, 0.2) is 0 Å². The predicted octanol–water partition coefficient (Wildman–Crippen LogP) is 5.68. The van der Waals surface area contributed by atoms with Crippen molar-refractivity contribution >= 4 is 43.2 Å². The first-order chi connectivity index (χ1) is 10.1. The number of rotatable bonds is 6. The van der Waals surface area contributed by atoms with E-state index in [1.165, 1.54) is 9.75 Å². The Balaban J connectivity index is 2.47. The fraction of sp³-hybridized carbons (Fsp3) is 0.375. The summed E-state index contributed by atoms with van der Waals surface area (Å²) in [5.74, 6) is 0.899. The quantitative estimate of drug-likeness (QED) is 0.633. The number of thiophene rings is 1. The Hall–Kier alpha value is -0.360. The van der Waals surface area contributed by atoms with Crippen LogP contribution in [0.15, 0.2) is 33.2 Å². The van der Waals surface area contributed by atoms with Crippen molar-refractivity contribution in [2.45, 2.75) is 26.3 Å². The number of benzene rings is 1. The maximum absolute atomic E-state index is 5.57. The first-order valence-corrected chi connectivity index (χ1v) is 9.29. The van der Waals surface area contributed by atoms with Crippen molar-refractivity contribution in [2.75, 3.05) is 13.7 Å². The van der Waals surface area contributed by atoms with Gasteiger partial charge in [-0.25, -0.2) is 0 Å². The van der Waals surface area contributed by atoms with Crippen LogP contribution in [-0.2, 0) is 0 Å². The second kappa shape index (κ2) is 7.77. The van der Waals surface area contributed by atoms with Crippen LogP contribution in [0.5, 0.6) is 5.75 Å². The average Bonchev–Trinajstić information content (AvgIpc) is 2.79. The fourth-order valence-corrected chi connectivity index (χ4v) is 4.57. The van der Waals surface area contributed by atoms with E-state index in [2.05, 4.69) is 69.2 Å². The van der Waals surface area contributed by atoms with E-state index in [-0.39, 0.29) is 6.04 Å². The molecule has 1 atom stereocenters. The van der Waals surface area contributed by atoms with Crippen molar-refractivity contribution in [1.29, 1.82) is 0 Å². The molecule has 0 saturated heterocycles. The molecule has 0 fully saturated rings. The van der Waals surface area contributed by atoms with E-state index in [4.69, 9.17) is 4.74 Å². The van der Waals surface area contributed by atoms with Crippen LogP contribution < -0.4 is 10.1 Å². The molecular formula is C16H19Br2NOS. The first kappa shape index (κ1) is 17.0. The molecule has 1 aromatic heterocycles. The van der Waals surface area contributed by atoms with Crippen molar-refractivity contribution in [3.8, 4) is 5.75 Å². The van der Waals surface area contributed by atoms with Crippen LogP contribution >= 0.6 is 43.2 Å². The summed E-state index contributed by atoms with van der Waals surface area (Å²) in [7, 11) is 1.72. The van der Waals surface area contributed by atoms with Crippen molar-refractivity contribution in [1.82, 2.24) is 5.32 Å². The highest BCUT2D eigenvalue weighted by Crippen LogP contribution is 2.39. The van der Waals surface area contributed by atoms with E-state index in [1.807, 2.05) is 17.4 Å². The van der Waals surface area contributed by atoms with Gasteiger partial charge in [-0.3, -0.25) is 0 Å². The number of aryl methyl sites for hydroxylation is 1. The van der Waals surface area contributed by atoms with Gasteiger partial charge in [-0.15, -0.1) is 11.3 Å². The Morgan fingerprint density at radius 1 is 1.29 bits per heavy atom. The van der Waals surface area contributed by atoms with Crippen LogP contribution in [0.3, 0.4) is 0 Å². The van der Waals surface area contributed by atoms with Gasteiger partial charge in [-0.1, -0.05) is 28.9 Å². The Bertz CT molecular complexity index is 612. The minimum atomic E-state index is 0.140. The summed E-state index contributed by atoms with van der Waals surface area (Å²) >= 11 is 9.01. The van der Waals surface area contributed by atoms with Gasteiger partial charge in [0.05, 0.1) is 13.2 Å².